The number of carbonyl (C=O) groups is 2. The molecule has 0 spiro atoms. The molecular formula is C63H112O5. The molecule has 0 radical (unpaired) electrons. The van der Waals surface area contributed by atoms with E-state index in [0.717, 1.165) is 83.5 Å². The number of hydrogen-bond donors (Lipinski definition) is 0. The first-order valence-electron chi connectivity index (χ1n) is 29.5. The van der Waals surface area contributed by atoms with E-state index in [2.05, 4.69) is 93.7 Å². The van der Waals surface area contributed by atoms with Crippen LogP contribution in [0, 0.1) is 0 Å². The Bertz CT molecular complexity index is 1210. The van der Waals surface area contributed by atoms with Crippen molar-refractivity contribution in [2.45, 2.75) is 297 Å². The van der Waals surface area contributed by atoms with Crippen LogP contribution in [0.1, 0.15) is 290 Å². The Hall–Kier alpha value is -2.66. The third-order valence-electron chi connectivity index (χ3n) is 12.7. The second-order valence-corrected chi connectivity index (χ2v) is 19.5. The van der Waals surface area contributed by atoms with Crippen LogP contribution in [0.2, 0.25) is 0 Å². The molecule has 0 bridgehead atoms. The first-order chi connectivity index (χ1) is 33.6. The highest BCUT2D eigenvalue weighted by molar-refractivity contribution is 5.70. The molecule has 68 heavy (non-hydrogen) atoms. The van der Waals surface area contributed by atoms with Gasteiger partial charge in [0, 0.05) is 19.4 Å². The van der Waals surface area contributed by atoms with Crippen molar-refractivity contribution in [1.82, 2.24) is 0 Å². The average molecular weight is 950 g/mol. The Morgan fingerprint density at radius 2 is 0.676 bits per heavy atom. The lowest BCUT2D eigenvalue weighted by atomic mass is 10.0. The molecule has 0 N–H and O–H groups in total. The number of hydrogen-bond acceptors (Lipinski definition) is 5. The van der Waals surface area contributed by atoms with Crippen LogP contribution in [0.15, 0.2) is 72.9 Å². The van der Waals surface area contributed by atoms with Crippen molar-refractivity contribution in [3.05, 3.63) is 72.9 Å². The van der Waals surface area contributed by atoms with Crippen molar-refractivity contribution in [1.29, 1.82) is 0 Å². The van der Waals surface area contributed by atoms with Crippen LogP contribution < -0.4 is 0 Å². The molecule has 0 saturated heterocycles. The van der Waals surface area contributed by atoms with Gasteiger partial charge in [0.15, 0.2) is 6.10 Å². The fraction of sp³-hybridized carbons (Fsp3) is 0.778. The Labute approximate surface area is 423 Å². The number of esters is 2. The van der Waals surface area contributed by atoms with Crippen LogP contribution in [0.3, 0.4) is 0 Å². The molecule has 1 unspecified atom stereocenters. The van der Waals surface area contributed by atoms with Gasteiger partial charge in [-0.2, -0.15) is 0 Å². The van der Waals surface area contributed by atoms with Gasteiger partial charge in [0.05, 0.1) is 6.61 Å². The second-order valence-electron chi connectivity index (χ2n) is 19.5. The van der Waals surface area contributed by atoms with Crippen LogP contribution in [-0.2, 0) is 23.8 Å². The number of ether oxygens (including phenoxy) is 3. The summed E-state index contributed by atoms with van der Waals surface area (Å²) in [5.41, 5.74) is 0. The quantitative estimate of drug-likeness (QED) is 0.0345. The molecule has 394 valence electrons. The van der Waals surface area contributed by atoms with Gasteiger partial charge in [-0.1, -0.05) is 267 Å². The van der Waals surface area contributed by atoms with Gasteiger partial charge in [-0.05, 0) is 83.5 Å². The van der Waals surface area contributed by atoms with Gasteiger partial charge in [-0.25, -0.2) is 0 Å². The minimum absolute atomic E-state index is 0.0534. The molecule has 5 nitrogen and oxygen atoms in total. The van der Waals surface area contributed by atoms with Gasteiger partial charge < -0.3 is 14.2 Å². The van der Waals surface area contributed by atoms with E-state index in [1.165, 1.54) is 173 Å². The summed E-state index contributed by atoms with van der Waals surface area (Å²) in [6, 6.07) is 0. The van der Waals surface area contributed by atoms with E-state index >= 15 is 0 Å². The standard InChI is InChI=1S/C63H112O5/c1-4-7-10-13-16-19-22-25-28-30-31-32-34-37-40-43-46-49-52-55-58-66-59-61(68-63(65)57-54-51-48-45-42-39-35-27-24-21-18-15-12-9-6-3)60-67-62(64)56-53-50-47-44-41-38-36-33-29-26-23-20-17-14-11-8-5-2/h8,11,17,20,26-27,29,35-36,38,44,47,61H,4-7,9-10,12-16,18-19,21-25,28,30-34,37,39-43,45-46,48-60H2,1-3H3/b11-8-,20-17-,29-26-,35-27-,38-36-,47-44-. The monoisotopic (exact) mass is 949 g/mol. The molecule has 0 aliphatic carbocycles. The highest BCUT2D eigenvalue weighted by Crippen LogP contribution is 2.16. The molecule has 0 aliphatic rings. The van der Waals surface area contributed by atoms with E-state index in [0.29, 0.717) is 19.4 Å². The first-order valence-corrected chi connectivity index (χ1v) is 29.5. The van der Waals surface area contributed by atoms with E-state index in [1.807, 2.05) is 0 Å². The average Bonchev–Trinajstić information content (AvgIpc) is 3.34. The van der Waals surface area contributed by atoms with Crippen LogP contribution >= 0.6 is 0 Å². The molecule has 0 aromatic heterocycles. The van der Waals surface area contributed by atoms with E-state index in [9.17, 15) is 9.59 Å². The van der Waals surface area contributed by atoms with Gasteiger partial charge in [-0.15, -0.1) is 0 Å². The van der Waals surface area contributed by atoms with Crippen LogP contribution in [0.25, 0.3) is 0 Å². The molecule has 0 saturated carbocycles. The van der Waals surface area contributed by atoms with E-state index in [4.69, 9.17) is 14.2 Å². The van der Waals surface area contributed by atoms with Crippen molar-refractivity contribution in [2.24, 2.45) is 0 Å². The predicted octanol–water partition coefficient (Wildman–Crippen LogP) is 20.2. The van der Waals surface area contributed by atoms with E-state index in [1.54, 1.807) is 0 Å². The van der Waals surface area contributed by atoms with Gasteiger partial charge in [0.1, 0.15) is 6.61 Å². The van der Waals surface area contributed by atoms with Crippen LogP contribution in [0.4, 0.5) is 0 Å². The summed E-state index contributed by atoms with van der Waals surface area (Å²) >= 11 is 0. The summed E-state index contributed by atoms with van der Waals surface area (Å²) in [7, 11) is 0. The molecule has 0 amide bonds. The molecule has 0 aromatic carbocycles. The Morgan fingerprint density at radius 1 is 0.338 bits per heavy atom. The molecular weight excluding hydrogens is 837 g/mol. The fourth-order valence-corrected chi connectivity index (χ4v) is 8.37. The molecule has 1 atom stereocenters. The topological polar surface area (TPSA) is 61.8 Å². The number of carbonyl (C=O) groups excluding carboxylic acids is 2. The molecule has 0 fully saturated rings. The second kappa shape index (κ2) is 58.7. The lowest BCUT2D eigenvalue weighted by Crippen LogP contribution is -2.30. The molecule has 0 aromatic rings. The maximum absolute atomic E-state index is 12.9. The Kier molecular flexibility index (Phi) is 56.4. The minimum Gasteiger partial charge on any atom is -0.462 e. The fourth-order valence-electron chi connectivity index (χ4n) is 8.37. The highest BCUT2D eigenvalue weighted by Gasteiger charge is 2.17. The summed E-state index contributed by atoms with van der Waals surface area (Å²) in [6.45, 7) is 7.68. The lowest BCUT2D eigenvalue weighted by Gasteiger charge is -2.18. The normalized spacial score (nSPS) is 12.7. The largest absolute Gasteiger partial charge is 0.462 e. The smallest absolute Gasteiger partial charge is 0.306 e. The number of allylic oxidation sites excluding steroid dienone is 12. The molecule has 0 rings (SSSR count). The Balaban J connectivity index is 4.32. The predicted molar refractivity (Wildman–Crippen MR) is 297 cm³/mol. The van der Waals surface area contributed by atoms with Gasteiger partial charge in [0.25, 0.3) is 0 Å². The molecule has 5 heteroatoms. The minimum atomic E-state index is -0.564. The van der Waals surface area contributed by atoms with Crippen molar-refractivity contribution >= 4 is 11.9 Å². The maximum atomic E-state index is 12.9. The van der Waals surface area contributed by atoms with Gasteiger partial charge in [0.2, 0.25) is 0 Å². The summed E-state index contributed by atoms with van der Waals surface area (Å²) in [5.74, 6) is -0.464. The van der Waals surface area contributed by atoms with Gasteiger partial charge in [-0.3, -0.25) is 9.59 Å². The van der Waals surface area contributed by atoms with Crippen molar-refractivity contribution in [3.8, 4) is 0 Å². The van der Waals surface area contributed by atoms with Crippen LogP contribution in [-0.4, -0.2) is 37.9 Å². The lowest BCUT2D eigenvalue weighted by molar-refractivity contribution is -0.163. The van der Waals surface area contributed by atoms with E-state index < -0.39 is 6.10 Å². The maximum Gasteiger partial charge on any atom is 0.306 e. The summed E-state index contributed by atoms with van der Waals surface area (Å²) in [5, 5.41) is 0. The number of rotatable bonds is 54. The van der Waals surface area contributed by atoms with E-state index in [-0.39, 0.29) is 25.2 Å². The summed E-state index contributed by atoms with van der Waals surface area (Å²) in [4.78, 5) is 25.5. The van der Waals surface area contributed by atoms with Crippen molar-refractivity contribution in [2.75, 3.05) is 19.8 Å². The van der Waals surface area contributed by atoms with Gasteiger partial charge >= 0.3 is 11.9 Å². The molecule has 0 heterocycles. The van der Waals surface area contributed by atoms with Crippen molar-refractivity contribution in [3.63, 3.8) is 0 Å². The first kappa shape index (κ1) is 65.3. The zero-order chi connectivity index (χ0) is 49.2. The third-order valence-corrected chi connectivity index (χ3v) is 12.7. The van der Waals surface area contributed by atoms with Crippen LogP contribution in [0.5, 0.6) is 0 Å². The number of unbranched alkanes of at least 4 members (excludes halogenated alkanes) is 31. The molecule has 0 aliphatic heterocycles. The zero-order valence-corrected chi connectivity index (χ0v) is 45.4. The third kappa shape index (κ3) is 55.9. The summed E-state index contributed by atoms with van der Waals surface area (Å²) in [6.07, 6.45) is 76.5. The van der Waals surface area contributed by atoms with Crippen molar-refractivity contribution < 1.29 is 23.8 Å². The SMILES string of the molecule is CC/C=C\C/C=C\C/C=C\C/C=C\C/C=C\CCCC(=O)OCC(COCCCCCCCCCCCCCCCCCCCCCC)OC(=O)CCCCCCC/C=C\CCCCCCCC. The highest BCUT2D eigenvalue weighted by atomic mass is 16.6. The Morgan fingerprint density at radius 3 is 1.12 bits per heavy atom. The zero-order valence-electron chi connectivity index (χ0n) is 45.4. The summed E-state index contributed by atoms with van der Waals surface area (Å²) < 4.78 is 17.4.